The standard InChI is InChI=1S/C14H15N3O4/c1-9-12(7-8-21-9)13(18)16-17-14(19)15-10-3-5-11(20-2)6-4-10/h3-8H,1-2H3,(H,16,18)(H2,15,17,19). The SMILES string of the molecule is COc1ccc(NC(=O)NNC(=O)c2ccoc2C)cc1. The smallest absolute Gasteiger partial charge is 0.337 e. The average molecular weight is 289 g/mol. The molecule has 1 aromatic carbocycles. The van der Waals surface area contributed by atoms with Gasteiger partial charge in [0.15, 0.2) is 0 Å². The van der Waals surface area contributed by atoms with Crippen molar-refractivity contribution in [3.63, 3.8) is 0 Å². The van der Waals surface area contributed by atoms with Crippen LogP contribution in [0.5, 0.6) is 5.75 Å². The summed E-state index contributed by atoms with van der Waals surface area (Å²) in [5.41, 5.74) is 5.47. The van der Waals surface area contributed by atoms with E-state index < -0.39 is 11.9 Å². The summed E-state index contributed by atoms with van der Waals surface area (Å²) in [4.78, 5) is 23.4. The first-order valence-electron chi connectivity index (χ1n) is 6.15. The highest BCUT2D eigenvalue weighted by Crippen LogP contribution is 2.14. The van der Waals surface area contributed by atoms with E-state index in [9.17, 15) is 9.59 Å². The third-order valence-corrected chi connectivity index (χ3v) is 2.74. The number of ether oxygens (including phenoxy) is 1. The molecule has 3 amide bonds. The van der Waals surface area contributed by atoms with Crippen molar-refractivity contribution in [3.8, 4) is 5.75 Å². The summed E-state index contributed by atoms with van der Waals surface area (Å²) in [5.74, 6) is 0.709. The van der Waals surface area contributed by atoms with Crippen molar-refractivity contribution in [1.82, 2.24) is 10.9 Å². The van der Waals surface area contributed by atoms with E-state index in [1.165, 1.54) is 12.3 Å². The van der Waals surface area contributed by atoms with Crippen molar-refractivity contribution in [2.45, 2.75) is 6.92 Å². The zero-order chi connectivity index (χ0) is 15.2. The number of urea groups is 1. The minimum atomic E-state index is -0.560. The van der Waals surface area contributed by atoms with Gasteiger partial charge in [0.25, 0.3) is 5.91 Å². The lowest BCUT2D eigenvalue weighted by Crippen LogP contribution is -2.43. The van der Waals surface area contributed by atoms with Gasteiger partial charge in [-0.15, -0.1) is 0 Å². The number of hydrogen-bond donors (Lipinski definition) is 3. The van der Waals surface area contributed by atoms with E-state index in [0.717, 1.165) is 0 Å². The van der Waals surface area contributed by atoms with Crippen LogP contribution in [0.3, 0.4) is 0 Å². The quantitative estimate of drug-likeness (QED) is 0.754. The fourth-order valence-corrected chi connectivity index (χ4v) is 1.64. The molecule has 0 aliphatic carbocycles. The summed E-state index contributed by atoms with van der Waals surface area (Å²) in [5, 5.41) is 2.56. The number of furan rings is 1. The van der Waals surface area contributed by atoms with E-state index in [1.807, 2.05) is 0 Å². The van der Waals surface area contributed by atoms with Crippen molar-refractivity contribution in [3.05, 3.63) is 47.9 Å². The largest absolute Gasteiger partial charge is 0.497 e. The molecule has 0 radical (unpaired) electrons. The van der Waals surface area contributed by atoms with Crippen LogP contribution < -0.4 is 20.9 Å². The topological polar surface area (TPSA) is 92.6 Å². The van der Waals surface area contributed by atoms with Crippen LogP contribution in [0.25, 0.3) is 0 Å². The number of aryl methyl sites for hydroxylation is 1. The molecule has 21 heavy (non-hydrogen) atoms. The predicted octanol–water partition coefficient (Wildman–Crippen LogP) is 2.06. The molecule has 1 aromatic heterocycles. The van der Waals surface area contributed by atoms with Gasteiger partial charge < -0.3 is 14.5 Å². The van der Waals surface area contributed by atoms with Gasteiger partial charge in [0.1, 0.15) is 11.5 Å². The molecule has 0 saturated heterocycles. The Morgan fingerprint density at radius 2 is 1.81 bits per heavy atom. The second-order valence-electron chi connectivity index (χ2n) is 4.15. The van der Waals surface area contributed by atoms with Crippen molar-refractivity contribution in [1.29, 1.82) is 0 Å². The molecular weight excluding hydrogens is 274 g/mol. The first-order valence-corrected chi connectivity index (χ1v) is 6.15. The van der Waals surface area contributed by atoms with Gasteiger partial charge in [-0.1, -0.05) is 0 Å². The number of rotatable bonds is 3. The normalized spacial score (nSPS) is 9.81. The molecule has 7 heteroatoms. The lowest BCUT2D eigenvalue weighted by Gasteiger charge is -2.09. The predicted molar refractivity (Wildman–Crippen MR) is 76.1 cm³/mol. The number of amides is 3. The van der Waals surface area contributed by atoms with Crippen molar-refractivity contribution < 1.29 is 18.7 Å². The number of hydrazine groups is 1. The molecule has 0 spiro atoms. The van der Waals surface area contributed by atoms with Gasteiger partial charge in [-0.3, -0.25) is 10.2 Å². The van der Waals surface area contributed by atoms with Gasteiger partial charge in [-0.2, -0.15) is 0 Å². The second kappa shape index (κ2) is 6.47. The first kappa shape index (κ1) is 14.4. The van der Waals surface area contributed by atoms with E-state index in [4.69, 9.17) is 9.15 Å². The maximum Gasteiger partial charge on any atom is 0.337 e. The third kappa shape index (κ3) is 3.75. The van der Waals surface area contributed by atoms with Crippen LogP contribution >= 0.6 is 0 Å². The molecule has 0 aliphatic heterocycles. The monoisotopic (exact) mass is 289 g/mol. The van der Waals surface area contributed by atoms with E-state index in [2.05, 4.69) is 16.2 Å². The van der Waals surface area contributed by atoms with Gasteiger partial charge in [-0.25, -0.2) is 10.2 Å². The lowest BCUT2D eigenvalue weighted by atomic mass is 10.2. The van der Waals surface area contributed by atoms with Crippen LogP contribution in [0.15, 0.2) is 41.0 Å². The zero-order valence-corrected chi connectivity index (χ0v) is 11.6. The second-order valence-corrected chi connectivity index (χ2v) is 4.15. The van der Waals surface area contributed by atoms with Crippen LogP contribution in [0.4, 0.5) is 10.5 Å². The van der Waals surface area contributed by atoms with Gasteiger partial charge in [0, 0.05) is 5.69 Å². The minimum absolute atomic E-state index is 0.361. The van der Waals surface area contributed by atoms with Gasteiger partial charge in [0.05, 0.1) is 18.9 Å². The molecule has 1 heterocycles. The number of carbonyl (C=O) groups excluding carboxylic acids is 2. The first-order chi connectivity index (χ1) is 10.1. The molecule has 0 aliphatic rings. The van der Waals surface area contributed by atoms with E-state index in [1.54, 1.807) is 38.3 Å². The molecule has 0 saturated carbocycles. The summed E-state index contributed by atoms with van der Waals surface area (Å²) in [6.07, 6.45) is 1.40. The minimum Gasteiger partial charge on any atom is -0.497 e. The number of nitrogens with one attached hydrogen (secondary N) is 3. The van der Waals surface area contributed by atoms with E-state index >= 15 is 0 Å². The van der Waals surface area contributed by atoms with Gasteiger partial charge in [-0.05, 0) is 37.3 Å². The lowest BCUT2D eigenvalue weighted by molar-refractivity contribution is 0.0936. The zero-order valence-electron chi connectivity index (χ0n) is 11.6. The Morgan fingerprint density at radius 3 is 2.38 bits per heavy atom. The Morgan fingerprint density at radius 1 is 1.10 bits per heavy atom. The number of anilines is 1. The van der Waals surface area contributed by atoms with Crippen molar-refractivity contribution >= 4 is 17.6 Å². The molecule has 0 bridgehead atoms. The number of hydrogen-bond acceptors (Lipinski definition) is 4. The Hall–Kier alpha value is -2.96. The van der Waals surface area contributed by atoms with Crippen molar-refractivity contribution in [2.75, 3.05) is 12.4 Å². The van der Waals surface area contributed by atoms with Crippen LogP contribution in [0, 0.1) is 6.92 Å². The Kier molecular flexibility index (Phi) is 4.45. The summed E-state index contributed by atoms with van der Waals surface area (Å²) < 4.78 is 10.0. The van der Waals surface area contributed by atoms with Crippen LogP contribution in [0.1, 0.15) is 16.1 Å². The highest BCUT2D eigenvalue weighted by atomic mass is 16.5. The highest BCUT2D eigenvalue weighted by molar-refractivity contribution is 5.97. The highest BCUT2D eigenvalue weighted by Gasteiger charge is 2.12. The number of methoxy groups -OCH3 is 1. The van der Waals surface area contributed by atoms with Crippen LogP contribution in [-0.4, -0.2) is 19.0 Å². The van der Waals surface area contributed by atoms with E-state index in [-0.39, 0.29) is 0 Å². The summed E-state index contributed by atoms with van der Waals surface area (Å²) in [6.45, 7) is 1.66. The summed E-state index contributed by atoms with van der Waals surface area (Å²) >= 11 is 0. The molecule has 0 unspecified atom stereocenters. The molecule has 0 atom stereocenters. The third-order valence-electron chi connectivity index (χ3n) is 2.74. The van der Waals surface area contributed by atoms with E-state index in [0.29, 0.717) is 22.8 Å². The molecule has 2 rings (SSSR count). The Labute approximate surface area is 121 Å². The van der Waals surface area contributed by atoms with Gasteiger partial charge >= 0.3 is 6.03 Å². The molecule has 2 aromatic rings. The van der Waals surface area contributed by atoms with Gasteiger partial charge in [0.2, 0.25) is 0 Å². The maximum absolute atomic E-state index is 11.7. The Bertz CT molecular complexity index is 634. The average Bonchev–Trinajstić information content (AvgIpc) is 2.92. The molecule has 7 nitrogen and oxygen atoms in total. The van der Waals surface area contributed by atoms with Crippen LogP contribution in [0.2, 0.25) is 0 Å². The molecule has 110 valence electrons. The maximum atomic E-state index is 11.7. The van der Waals surface area contributed by atoms with Crippen molar-refractivity contribution in [2.24, 2.45) is 0 Å². The Balaban J connectivity index is 1.84. The molecule has 3 N–H and O–H groups in total. The fraction of sp³-hybridized carbons (Fsp3) is 0.143. The summed E-state index contributed by atoms with van der Waals surface area (Å²) in [6, 6.07) is 7.75. The van der Waals surface area contributed by atoms with Crippen LogP contribution in [-0.2, 0) is 0 Å². The molecule has 0 fully saturated rings. The number of carbonyl (C=O) groups is 2. The number of benzene rings is 1. The summed E-state index contributed by atoms with van der Waals surface area (Å²) in [7, 11) is 1.56. The molecular formula is C14H15N3O4. The fourth-order valence-electron chi connectivity index (χ4n) is 1.64.